The predicted octanol–water partition coefficient (Wildman–Crippen LogP) is 5.18. The van der Waals surface area contributed by atoms with Crippen molar-refractivity contribution >= 4 is 41.3 Å². The summed E-state index contributed by atoms with van der Waals surface area (Å²) in [6, 6.07) is 3.30. The first-order valence-corrected chi connectivity index (χ1v) is 16.8. The molecule has 4 aromatic rings. The second-order valence-corrected chi connectivity index (χ2v) is 7.69. The zero-order chi connectivity index (χ0) is 40.9. The van der Waals surface area contributed by atoms with Crippen LogP contribution in [0.2, 0.25) is 0 Å². The molecule has 0 bridgehead atoms. The number of nitrogens with zero attached hydrogens (tertiary/aromatic N) is 8. The number of aromatic nitrogens is 8. The summed E-state index contributed by atoms with van der Waals surface area (Å²) in [6.07, 6.45) is 8.44. The molecule has 0 atom stereocenters. The van der Waals surface area contributed by atoms with E-state index in [0.717, 1.165) is 5.69 Å². The molecule has 0 aliphatic carbocycles. The van der Waals surface area contributed by atoms with Crippen molar-refractivity contribution in [1.29, 1.82) is 0 Å². The molecule has 0 unspecified atom stereocenters. The van der Waals surface area contributed by atoms with Crippen LogP contribution in [0.1, 0.15) is 113 Å². The van der Waals surface area contributed by atoms with Gasteiger partial charge in [0.25, 0.3) is 0 Å². The third kappa shape index (κ3) is 26.8. The summed E-state index contributed by atoms with van der Waals surface area (Å²) < 4.78 is 14.0. The molecule has 0 aliphatic rings. The van der Waals surface area contributed by atoms with Gasteiger partial charge in [-0.15, -0.1) is 0 Å². The lowest BCUT2D eigenvalue weighted by molar-refractivity contribution is 0.0503. The molecule has 18 nitrogen and oxygen atoms in total. The number of esters is 3. The number of nitrogen functional groups attached to an aromatic ring is 4. The first-order valence-electron chi connectivity index (χ1n) is 16.8. The fourth-order valence-electron chi connectivity index (χ4n) is 2.43. The normalized spacial score (nSPS) is 8.38. The van der Waals surface area contributed by atoms with Crippen molar-refractivity contribution in [2.75, 3.05) is 42.8 Å². The highest BCUT2D eigenvalue weighted by atomic mass is 16.5. The van der Waals surface area contributed by atoms with E-state index in [-0.39, 0.29) is 23.4 Å². The van der Waals surface area contributed by atoms with Crippen LogP contribution in [-0.4, -0.2) is 77.6 Å². The van der Waals surface area contributed by atoms with Gasteiger partial charge in [-0.25, -0.2) is 54.3 Å². The average molecular weight is 731 g/mol. The Labute approximate surface area is 307 Å². The smallest absolute Gasteiger partial charge is 0.376 e. The van der Waals surface area contributed by atoms with Gasteiger partial charge in [0.1, 0.15) is 5.82 Å². The molecule has 4 aromatic heterocycles. The molecule has 0 saturated carbocycles. The number of nitrogens with two attached hydrogens (primary N) is 4. The largest absolute Gasteiger partial charge is 0.462 e. The molecule has 4 rings (SSSR count). The molecule has 18 heteroatoms. The Morgan fingerprint density at radius 3 is 1.38 bits per heavy atom. The summed E-state index contributed by atoms with van der Waals surface area (Å²) in [5.41, 5.74) is 22.8. The maximum absolute atomic E-state index is 11.0. The molecule has 4 heterocycles. The average Bonchev–Trinajstić information content (AvgIpc) is 3.16. The third-order valence-corrected chi connectivity index (χ3v) is 4.26. The van der Waals surface area contributed by atoms with Crippen LogP contribution in [0.4, 0.5) is 23.4 Å². The number of hydrogen-bond donors (Lipinski definition) is 4. The van der Waals surface area contributed by atoms with Crippen molar-refractivity contribution in [3.8, 4) is 0 Å². The number of anilines is 4. The van der Waals surface area contributed by atoms with E-state index in [1.165, 1.54) is 37.1 Å². The lowest BCUT2D eigenvalue weighted by Crippen LogP contribution is -2.10. The fraction of sp³-hybridized carbons (Fsp3) is 0.441. The molecule has 0 aliphatic heterocycles. The Hall–Kier alpha value is -6.07. The van der Waals surface area contributed by atoms with Crippen LogP contribution in [0.25, 0.3) is 0 Å². The van der Waals surface area contributed by atoms with Crippen molar-refractivity contribution < 1.29 is 28.6 Å². The Bertz CT molecular complexity index is 1390. The molecule has 0 saturated heterocycles. The predicted molar refractivity (Wildman–Crippen MR) is 204 cm³/mol. The molecule has 8 N–H and O–H groups in total. The Kier molecular flexibility index (Phi) is 36.7. The SMILES string of the molecule is CC.CC.CC.CC.CCOC(=O)c1cnc(N)nc1.CCOC(=O)c1ncc(N)cn1.CCOC(=O)c1nccc(N)n1.Cc1ccnc(N)n1. The minimum atomic E-state index is -0.551. The second-order valence-electron chi connectivity index (χ2n) is 7.69. The summed E-state index contributed by atoms with van der Waals surface area (Å²) in [5.74, 6) is -0.746. The Balaban J connectivity index is -0.000000279. The molecule has 290 valence electrons. The van der Waals surface area contributed by atoms with Gasteiger partial charge in [-0.3, -0.25) is 0 Å². The lowest BCUT2D eigenvalue weighted by atomic mass is 10.3. The second kappa shape index (κ2) is 36.2. The summed E-state index contributed by atoms with van der Waals surface area (Å²) in [7, 11) is 0. The molecule has 0 spiro atoms. The van der Waals surface area contributed by atoms with Gasteiger partial charge >= 0.3 is 17.9 Å². The molecule has 0 radical (unpaired) electrons. The van der Waals surface area contributed by atoms with E-state index in [0.29, 0.717) is 37.0 Å². The first-order chi connectivity index (χ1) is 25.0. The van der Waals surface area contributed by atoms with E-state index < -0.39 is 17.9 Å². The number of carbonyl (C=O) groups excluding carboxylic acids is 3. The van der Waals surface area contributed by atoms with Crippen LogP contribution in [-0.2, 0) is 14.2 Å². The van der Waals surface area contributed by atoms with E-state index >= 15 is 0 Å². The standard InChI is InChI=1S/3C7H9N3O2.C5H7N3.4C2H6/c1-2-12-7(11)6-9-3-5(8)4-10-6;1-2-12-6(11)5-3-9-7(8)10-4-5;1-2-12-7(11)6-9-4-3-5(8)10-6;1-4-2-3-7-5(6)8-4;4*1-2/h3-4H,2,8H2,1H3;2*3-4H,2H2,1H3,(H2,8,9,10);2-3H,1H3,(H2,6,7,8);4*1-2H3. The van der Waals surface area contributed by atoms with Crippen LogP contribution in [0, 0.1) is 6.92 Å². The van der Waals surface area contributed by atoms with Gasteiger partial charge in [-0.1, -0.05) is 55.4 Å². The van der Waals surface area contributed by atoms with Crippen LogP contribution >= 0.6 is 0 Å². The Morgan fingerprint density at radius 1 is 0.538 bits per heavy atom. The summed E-state index contributed by atoms with van der Waals surface area (Å²) in [6.45, 7) is 24.0. The van der Waals surface area contributed by atoms with Gasteiger partial charge in [0.15, 0.2) is 0 Å². The Morgan fingerprint density at radius 2 is 0.981 bits per heavy atom. The van der Waals surface area contributed by atoms with Gasteiger partial charge in [0.05, 0.1) is 43.5 Å². The first kappa shape index (κ1) is 52.7. The van der Waals surface area contributed by atoms with Gasteiger partial charge in [-0.05, 0) is 39.8 Å². The van der Waals surface area contributed by atoms with Crippen LogP contribution in [0.3, 0.4) is 0 Å². The zero-order valence-electron chi connectivity index (χ0n) is 32.6. The maximum atomic E-state index is 11.0. The molecule has 0 fully saturated rings. The molecule has 0 amide bonds. The van der Waals surface area contributed by atoms with Crippen molar-refractivity contribution in [3.63, 3.8) is 0 Å². The maximum Gasteiger partial charge on any atom is 0.376 e. The number of ether oxygens (including phenoxy) is 3. The van der Waals surface area contributed by atoms with Gasteiger partial charge in [-0.2, -0.15) is 0 Å². The highest BCUT2D eigenvalue weighted by Gasteiger charge is 2.09. The van der Waals surface area contributed by atoms with Gasteiger partial charge < -0.3 is 37.1 Å². The minimum Gasteiger partial charge on any atom is -0.462 e. The van der Waals surface area contributed by atoms with Crippen LogP contribution in [0.15, 0.2) is 49.3 Å². The zero-order valence-corrected chi connectivity index (χ0v) is 32.6. The number of carbonyl (C=O) groups is 3. The lowest BCUT2D eigenvalue weighted by Gasteiger charge is -1.99. The van der Waals surface area contributed by atoms with E-state index in [1.807, 2.05) is 62.3 Å². The van der Waals surface area contributed by atoms with E-state index in [1.54, 1.807) is 33.0 Å². The van der Waals surface area contributed by atoms with Crippen molar-refractivity contribution in [1.82, 2.24) is 39.9 Å². The fourth-order valence-corrected chi connectivity index (χ4v) is 2.43. The van der Waals surface area contributed by atoms with Crippen LogP contribution in [0.5, 0.6) is 0 Å². The van der Waals surface area contributed by atoms with Gasteiger partial charge in [0.2, 0.25) is 23.5 Å². The molecular weight excluding hydrogens is 672 g/mol. The highest BCUT2D eigenvalue weighted by Crippen LogP contribution is 2.00. The monoisotopic (exact) mass is 730 g/mol. The van der Waals surface area contributed by atoms with E-state index in [2.05, 4.69) is 49.3 Å². The van der Waals surface area contributed by atoms with E-state index in [9.17, 15) is 14.4 Å². The highest BCUT2D eigenvalue weighted by molar-refractivity contribution is 5.88. The van der Waals surface area contributed by atoms with Crippen molar-refractivity contribution in [2.24, 2.45) is 0 Å². The number of hydrogen-bond acceptors (Lipinski definition) is 18. The molecule has 52 heavy (non-hydrogen) atoms. The number of aryl methyl sites for hydroxylation is 1. The summed E-state index contributed by atoms with van der Waals surface area (Å²) in [4.78, 5) is 62.6. The van der Waals surface area contributed by atoms with Crippen molar-refractivity contribution in [3.05, 3.63) is 72.2 Å². The minimum absolute atomic E-state index is 0.00292. The summed E-state index contributed by atoms with van der Waals surface area (Å²) in [5, 5.41) is 0. The van der Waals surface area contributed by atoms with E-state index in [4.69, 9.17) is 27.7 Å². The third-order valence-electron chi connectivity index (χ3n) is 4.26. The quantitative estimate of drug-likeness (QED) is 0.147. The van der Waals surface area contributed by atoms with Crippen LogP contribution < -0.4 is 22.9 Å². The molecular formula is C34H58N12O6. The number of rotatable bonds is 6. The van der Waals surface area contributed by atoms with Crippen molar-refractivity contribution in [2.45, 2.75) is 83.1 Å². The summed E-state index contributed by atoms with van der Waals surface area (Å²) >= 11 is 0. The molecule has 0 aromatic carbocycles. The van der Waals surface area contributed by atoms with Gasteiger partial charge in [0, 0.05) is 30.5 Å². The topological polar surface area (TPSA) is 286 Å².